The van der Waals surface area contributed by atoms with Crippen molar-refractivity contribution in [2.45, 2.75) is 13.5 Å². The van der Waals surface area contributed by atoms with E-state index in [-0.39, 0.29) is 17.9 Å². The molecule has 0 aliphatic carbocycles. The zero-order chi connectivity index (χ0) is 23.7. The monoisotopic (exact) mass is 513 g/mol. The van der Waals surface area contributed by atoms with E-state index < -0.39 is 0 Å². The van der Waals surface area contributed by atoms with Crippen molar-refractivity contribution >= 4 is 43.8 Å². The number of ether oxygens (including phenoxy) is 1. The minimum absolute atomic E-state index is 0.0513. The van der Waals surface area contributed by atoms with Gasteiger partial charge in [-0.05, 0) is 42.1 Å². The molecule has 34 heavy (non-hydrogen) atoms. The van der Waals surface area contributed by atoms with E-state index in [4.69, 9.17) is 4.74 Å². The molecule has 0 aliphatic rings. The molecule has 4 aromatic carbocycles. The van der Waals surface area contributed by atoms with Gasteiger partial charge in [-0.3, -0.25) is 4.79 Å². The molecule has 0 amide bonds. The Morgan fingerprint density at radius 1 is 1.00 bits per heavy atom. The Hall–Kier alpha value is -3.97. The summed E-state index contributed by atoms with van der Waals surface area (Å²) in [6, 6.07) is 24.0. The lowest BCUT2D eigenvalue weighted by Crippen LogP contribution is -2.23. The van der Waals surface area contributed by atoms with Gasteiger partial charge in [0, 0.05) is 15.4 Å². The molecule has 0 unspecified atom stereocenters. The summed E-state index contributed by atoms with van der Waals surface area (Å²) in [5.74, 6) is 1.14. The fraction of sp³-hybridized carbons (Fsp3) is 0.0741. The molecular weight excluding hydrogens is 494 g/mol. The van der Waals surface area contributed by atoms with Crippen LogP contribution < -0.4 is 10.3 Å². The van der Waals surface area contributed by atoms with E-state index in [2.05, 4.69) is 26.0 Å². The first-order chi connectivity index (χ1) is 16.5. The van der Waals surface area contributed by atoms with Crippen LogP contribution in [0.1, 0.15) is 17.0 Å². The third-order valence-corrected chi connectivity index (χ3v) is 6.23. The predicted molar refractivity (Wildman–Crippen MR) is 138 cm³/mol. The van der Waals surface area contributed by atoms with E-state index in [1.807, 2.05) is 61.5 Å². The summed E-state index contributed by atoms with van der Waals surface area (Å²) in [6.45, 7) is 2.00. The van der Waals surface area contributed by atoms with E-state index in [1.54, 1.807) is 24.3 Å². The number of para-hydroxylation sites is 2. The topological polar surface area (TPSA) is 76.7 Å². The van der Waals surface area contributed by atoms with Gasteiger partial charge in [-0.1, -0.05) is 70.5 Å². The van der Waals surface area contributed by atoms with Gasteiger partial charge < -0.3 is 9.84 Å². The summed E-state index contributed by atoms with van der Waals surface area (Å²) in [5.41, 5.74) is 1.70. The van der Waals surface area contributed by atoms with E-state index in [1.165, 1.54) is 10.9 Å². The first kappa shape index (κ1) is 21.9. The van der Waals surface area contributed by atoms with Gasteiger partial charge in [0.2, 0.25) is 0 Å². The zero-order valence-corrected chi connectivity index (χ0v) is 19.9. The van der Waals surface area contributed by atoms with Crippen LogP contribution in [0.5, 0.6) is 11.5 Å². The van der Waals surface area contributed by atoms with Crippen LogP contribution in [0.15, 0.2) is 93.2 Å². The van der Waals surface area contributed by atoms with Crippen molar-refractivity contribution in [1.29, 1.82) is 0 Å². The average molecular weight is 514 g/mol. The lowest BCUT2D eigenvalue weighted by atomic mass is 10.1. The van der Waals surface area contributed by atoms with Crippen LogP contribution in [0.4, 0.5) is 0 Å². The second-order valence-corrected chi connectivity index (χ2v) is 8.66. The number of rotatable bonds is 5. The van der Waals surface area contributed by atoms with E-state index in [0.29, 0.717) is 33.4 Å². The summed E-state index contributed by atoms with van der Waals surface area (Å²) in [7, 11) is 0. The Balaban J connectivity index is 1.60. The number of hydrogen-bond donors (Lipinski definition) is 1. The van der Waals surface area contributed by atoms with Crippen molar-refractivity contribution in [3.63, 3.8) is 0 Å². The highest BCUT2D eigenvalue weighted by atomic mass is 79.9. The Labute approximate surface area is 203 Å². The highest BCUT2D eigenvalue weighted by molar-refractivity contribution is 9.10. The number of hydrogen-bond acceptors (Lipinski definition) is 5. The third-order valence-electron chi connectivity index (χ3n) is 5.58. The Bertz CT molecular complexity index is 1630. The lowest BCUT2D eigenvalue weighted by Gasteiger charge is -2.12. The molecule has 0 saturated carbocycles. The first-order valence-electron chi connectivity index (χ1n) is 10.7. The molecule has 0 atom stereocenters. The van der Waals surface area contributed by atoms with E-state index >= 15 is 0 Å². The van der Waals surface area contributed by atoms with Crippen molar-refractivity contribution in [3.05, 3.63) is 111 Å². The molecular formula is C27H20BrN3O3. The number of aryl methyl sites for hydroxylation is 1. The molecule has 168 valence electrons. The molecule has 0 saturated heterocycles. The number of aromatic nitrogens is 2. The molecule has 6 nitrogen and oxygen atoms in total. The second-order valence-electron chi connectivity index (χ2n) is 7.80. The number of halogens is 1. The minimum atomic E-state index is -0.315. The van der Waals surface area contributed by atoms with Crippen LogP contribution >= 0.6 is 15.9 Å². The maximum atomic E-state index is 13.3. The molecule has 5 rings (SSSR count). The molecule has 7 heteroatoms. The normalized spacial score (nSPS) is 11.5. The molecule has 0 bridgehead atoms. The number of nitrogens with zero attached hydrogens (tertiary/aromatic N) is 3. The largest absolute Gasteiger partial charge is 0.507 e. The smallest absolute Gasteiger partial charge is 0.282 e. The maximum absolute atomic E-state index is 13.3. The van der Waals surface area contributed by atoms with Gasteiger partial charge in [-0.2, -0.15) is 9.78 Å². The molecule has 1 aromatic heterocycles. The summed E-state index contributed by atoms with van der Waals surface area (Å²) in [4.78, 5) is 17.9. The fourth-order valence-corrected chi connectivity index (χ4v) is 4.39. The van der Waals surface area contributed by atoms with Crippen molar-refractivity contribution in [2.75, 3.05) is 0 Å². The summed E-state index contributed by atoms with van der Waals surface area (Å²) >= 11 is 3.55. The zero-order valence-electron chi connectivity index (χ0n) is 18.3. The van der Waals surface area contributed by atoms with Gasteiger partial charge in [0.25, 0.3) is 5.56 Å². The highest BCUT2D eigenvalue weighted by Gasteiger charge is 2.13. The van der Waals surface area contributed by atoms with Crippen LogP contribution in [0, 0.1) is 6.92 Å². The van der Waals surface area contributed by atoms with Crippen LogP contribution in [-0.2, 0) is 6.61 Å². The number of benzene rings is 4. The summed E-state index contributed by atoms with van der Waals surface area (Å²) in [5, 5.41) is 17.2. The number of phenols is 1. The van der Waals surface area contributed by atoms with Crippen molar-refractivity contribution in [3.8, 4) is 11.5 Å². The molecule has 0 radical (unpaired) electrons. The van der Waals surface area contributed by atoms with Gasteiger partial charge >= 0.3 is 0 Å². The van der Waals surface area contributed by atoms with Gasteiger partial charge in [0.15, 0.2) is 5.82 Å². The average Bonchev–Trinajstić information content (AvgIpc) is 2.86. The van der Waals surface area contributed by atoms with Crippen LogP contribution in [-0.4, -0.2) is 21.0 Å². The van der Waals surface area contributed by atoms with E-state index in [0.717, 1.165) is 15.4 Å². The number of fused-ring (bicyclic) bond motifs is 2. The fourth-order valence-electron chi connectivity index (χ4n) is 3.80. The standard InChI is InChI=1S/C27H20BrN3O3/c1-17-8-2-7-13-24(17)34-16-25-30-23-12-6-5-11-21(23)27(33)31(25)29-15-18-14-22(28)19-9-3-4-10-20(19)26(18)32/h2-15,32H,16H2,1H3/b29-15-. The Morgan fingerprint density at radius 2 is 1.68 bits per heavy atom. The third kappa shape index (κ3) is 4.06. The first-order valence-corrected chi connectivity index (χ1v) is 11.5. The van der Waals surface area contributed by atoms with Crippen molar-refractivity contribution in [1.82, 2.24) is 9.66 Å². The predicted octanol–water partition coefficient (Wildman–Crippen LogP) is 5.79. The molecule has 1 heterocycles. The van der Waals surface area contributed by atoms with Crippen LogP contribution in [0.25, 0.3) is 21.7 Å². The van der Waals surface area contributed by atoms with Gasteiger partial charge in [-0.15, -0.1) is 0 Å². The van der Waals surface area contributed by atoms with Gasteiger partial charge in [0.05, 0.1) is 17.1 Å². The molecule has 0 aliphatic heterocycles. The summed E-state index contributed by atoms with van der Waals surface area (Å²) in [6.07, 6.45) is 1.46. The summed E-state index contributed by atoms with van der Waals surface area (Å²) < 4.78 is 8.01. The van der Waals surface area contributed by atoms with Gasteiger partial charge in [0.1, 0.15) is 18.1 Å². The lowest BCUT2D eigenvalue weighted by molar-refractivity contribution is 0.287. The number of phenolic OH excluding ortho intramolecular Hbond substituents is 1. The van der Waals surface area contributed by atoms with Crippen LogP contribution in [0.2, 0.25) is 0 Å². The Morgan fingerprint density at radius 3 is 2.47 bits per heavy atom. The number of aromatic hydroxyl groups is 1. The Kier molecular flexibility index (Phi) is 5.86. The second kappa shape index (κ2) is 9.11. The molecule has 1 N–H and O–H groups in total. The minimum Gasteiger partial charge on any atom is -0.507 e. The maximum Gasteiger partial charge on any atom is 0.282 e. The van der Waals surface area contributed by atoms with Crippen LogP contribution in [0.3, 0.4) is 0 Å². The highest BCUT2D eigenvalue weighted by Crippen LogP contribution is 2.33. The molecule has 0 spiro atoms. The van der Waals surface area contributed by atoms with Gasteiger partial charge in [-0.25, -0.2) is 4.98 Å². The molecule has 0 fully saturated rings. The van der Waals surface area contributed by atoms with Crippen molar-refractivity contribution < 1.29 is 9.84 Å². The van der Waals surface area contributed by atoms with E-state index in [9.17, 15) is 9.90 Å². The van der Waals surface area contributed by atoms with Crippen molar-refractivity contribution in [2.24, 2.45) is 5.10 Å². The quantitative estimate of drug-likeness (QED) is 0.302. The SMILES string of the molecule is Cc1ccccc1OCc1nc2ccccc2c(=O)n1/N=C\c1cc(Br)c2ccccc2c1O. The molecule has 5 aromatic rings.